The topological polar surface area (TPSA) is 46.6 Å². The molecule has 2 unspecified atom stereocenters. The SMILES string of the molecule is CC1C=CC=CC1/C=C1\CN(C(=O)OC(C)(C)C)C(C)(C)CC1=O. The average molecular weight is 331 g/mol. The Labute approximate surface area is 145 Å². The monoisotopic (exact) mass is 331 g/mol. The second kappa shape index (κ2) is 6.58. The first-order valence-electron chi connectivity index (χ1n) is 8.59. The van der Waals surface area contributed by atoms with Crippen LogP contribution in [0.1, 0.15) is 48.0 Å². The summed E-state index contributed by atoms with van der Waals surface area (Å²) >= 11 is 0. The van der Waals surface area contributed by atoms with Gasteiger partial charge in [-0.25, -0.2) is 4.79 Å². The van der Waals surface area contributed by atoms with Crippen molar-refractivity contribution in [1.29, 1.82) is 0 Å². The minimum Gasteiger partial charge on any atom is -0.444 e. The molecule has 0 aromatic heterocycles. The Kier molecular flexibility index (Phi) is 5.07. The number of Topliss-reactive ketones (excluding diaryl/α,β-unsaturated/α-hetero) is 1. The van der Waals surface area contributed by atoms with Crippen LogP contribution in [-0.4, -0.2) is 34.5 Å². The molecule has 24 heavy (non-hydrogen) atoms. The first kappa shape index (κ1) is 18.5. The number of hydrogen-bond donors (Lipinski definition) is 0. The van der Waals surface area contributed by atoms with Gasteiger partial charge in [0.2, 0.25) is 0 Å². The highest BCUT2D eigenvalue weighted by atomic mass is 16.6. The van der Waals surface area contributed by atoms with Crippen LogP contribution >= 0.6 is 0 Å². The molecule has 1 aliphatic heterocycles. The number of carbonyl (C=O) groups is 2. The highest BCUT2D eigenvalue weighted by Gasteiger charge is 2.41. The fourth-order valence-electron chi connectivity index (χ4n) is 3.02. The molecule has 0 bridgehead atoms. The highest BCUT2D eigenvalue weighted by Crippen LogP contribution is 2.31. The minimum atomic E-state index is -0.552. The van der Waals surface area contributed by atoms with Gasteiger partial charge in [0.15, 0.2) is 5.78 Å². The second-order valence-electron chi connectivity index (χ2n) is 8.38. The Morgan fingerprint density at radius 2 is 1.92 bits per heavy atom. The van der Waals surface area contributed by atoms with Gasteiger partial charge in [0.1, 0.15) is 5.60 Å². The van der Waals surface area contributed by atoms with Gasteiger partial charge < -0.3 is 4.74 Å². The molecule has 1 aliphatic carbocycles. The summed E-state index contributed by atoms with van der Waals surface area (Å²) in [7, 11) is 0. The molecule has 1 heterocycles. The van der Waals surface area contributed by atoms with E-state index in [0.717, 1.165) is 0 Å². The number of ether oxygens (including phenoxy) is 1. The first-order chi connectivity index (χ1) is 11.0. The summed E-state index contributed by atoms with van der Waals surface area (Å²) in [6.45, 7) is 11.8. The van der Waals surface area contributed by atoms with Crippen LogP contribution in [0.25, 0.3) is 0 Å². The van der Waals surface area contributed by atoms with Crippen molar-refractivity contribution in [3.8, 4) is 0 Å². The first-order valence-corrected chi connectivity index (χ1v) is 8.59. The summed E-state index contributed by atoms with van der Waals surface area (Å²) in [5, 5.41) is 0. The van der Waals surface area contributed by atoms with Gasteiger partial charge in [-0.2, -0.15) is 0 Å². The van der Waals surface area contributed by atoms with E-state index in [4.69, 9.17) is 4.74 Å². The van der Waals surface area contributed by atoms with E-state index in [1.807, 2.05) is 52.8 Å². The van der Waals surface area contributed by atoms with Crippen molar-refractivity contribution in [2.75, 3.05) is 6.54 Å². The molecule has 0 aromatic carbocycles. The van der Waals surface area contributed by atoms with Gasteiger partial charge in [-0.05, 0) is 40.5 Å². The van der Waals surface area contributed by atoms with E-state index in [0.29, 0.717) is 24.5 Å². The van der Waals surface area contributed by atoms with E-state index >= 15 is 0 Å². The third-order valence-corrected chi connectivity index (χ3v) is 4.48. The van der Waals surface area contributed by atoms with E-state index in [2.05, 4.69) is 19.1 Å². The van der Waals surface area contributed by atoms with Crippen molar-refractivity contribution in [3.63, 3.8) is 0 Å². The van der Waals surface area contributed by atoms with Crippen molar-refractivity contribution >= 4 is 11.9 Å². The van der Waals surface area contributed by atoms with Crippen LogP contribution in [0.5, 0.6) is 0 Å². The van der Waals surface area contributed by atoms with E-state index in [9.17, 15) is 9.59 Å². The Morgan fingerprint density at radius 1 is 1.29 bits per heavy atom. The molecule has 4 heteroatoms. The molecule has 1 amide bonds. The normalized spacial score (nSPS) is 28.3. The van der Waals surface area contributed by atoms with Crippen molar-refractivity contribution in [1.82, 2.24) is 4.90 Å². The van der Waals surface area contributed by atoms with Crippen LogP contribution in [0.3, 0.4) is 0 Å². The van der Waals surface area contributed by atoms with Crippen LogP contribution in [0.2, 0.25) is 0 Å². The van der Waals surface area contributed by atoms with E-state index in [1.54, 1.807) is 4.90 Å². The second-order valence-corrected chi connectivity index (χ2v) is 8.38. The predicted molar refractivity (Wildman–Crippen MR) is 95.7 cm³/mol. The summed E-state index contributed by atoms with van der Waals surface area (Å²) < 4.78 is 5.53. The average Bonchev–Trinajstić information content (AvgIpc) is 2.41. The number of likely N-dealkylation sites (tertiary alicyclic amines) is 1. The molecule has 4 nitrogen and oxygen atoms in total. The quantitative estimate of drug-likeness (QED) is 0.674. The molecule has 132 valence electrons. The fraction of sp³-hybridized carbons (Fsp3) is 0.600. The number of allylic oxidation sites excluding steroid dienone is 5. The lowest BCUT2D eigenvalue weighted by Crippen LogP contribution is -2.55. The fourth-order valence-corrected chi connectivity index (χ4v) is 3.02. The third-order valence-electron chi connectivity index (χ3n) is 4.48. The smallest absolute Gasteiger partial charge is 0.411 e. The van der Waals surface area contributed by atoms with Crippen molar-refractivity contribution in [3.05, 3.63) is 36.0 Å². The van der Waals surface area contributed by atoms with Crippen LogP contribution in [0, 0.1) is 11.8 Å². The maximum atomic E-state index is 12.6. The molecule has 1 fully saturated rings. The van der Waals surface area contributed by atoms with Gasteiger partial charge in [-0.1, -0.05) is 37.3 Å². The van der Waals surface area contributed by atoms with Gasteiger partial charge in [-0.3, -0.25) is 9.69 Å². The summed E-state index contributed by atoms with van der Waals surface area (Å²) in [5.74, 6) is 0.658. The van der Waals surface area contributed by atoms with Crippen molar-refractivity contribution in [2.24, 2.45) is 11.8 Å². The Morgan fingerprint density at radius 3 is 2.50 bits per heavy atom. The van der Waals surface area contributed by atoms with Crippen LogP contribution in [-0.2, 0) is 9.53 Å². The van der Waals surface area contributed by atoms with E-state index < -0.39 is 11.1 Å². The zero-order valence-electron chi connectivity index (χ0n) is 15.6. The number of hydrogen-bond acceptors (Lipinski definition) is 3. The Hall–Kier alpha value is -1.84. The molecule has 0 N–H and O–H groups in total. The molecule has 2 aliphatic rings. The van der Waals surface area contributed by atoms with Crippen LogP contribution < -0.4 is 0 Å². The molecule has 1 saturated heterocycles. The molecular weight excluding hydrogens is 302 g/mol. The number of piperidine rings is 1. The lowest BCUT2D eigenvalue weighted by atomic mass is 9.83. The zero-order chi connectivity index (χ0) is 18.1. The zero-order valence-corrected chi connectivity index (χ0v) is 15.6. The Balaban J connectivity index is 2.23. The summed E-state index contributed by atoms with van der Waals surface area (Å²) in [5.41, 5.74) is -0.383. The molecule has 2 rings (SSSR count). The molecule has 0 aromatic rings. The van der Waals surface area contributed by atoms with Gasteiger partial charge in [0, 0.05) is 23.5 Å². The number of nitrogens with zero attached hydrogens (tertiary/aromatic N) is 1. The molecule has 0 saturated carbocycles. The summed E-state index contributed by atoms with van der Waals surface area (Å²) in [6.07, 6.45) is 10.2. The van der Waals surface area contributed by atoms with Gasteiger partial charge >= 0.3 is 6.09 Å². The summed E-state index contributed by atoms with van der Waals surface area (Å²) in [6, 6.07) is 0. The maximum Gasteiger partial charge on any atom is 0.411 e. The minimum absolute atomic E-state index is 0.120. The highest BCUT2D eigenvalue weighted by molar-refractivity contribution is 5.98. The van der Waals surface area contributed by atoms with Gasteiger partial charge in [-0.15, -0.1) is 0 Å². The summed E-state index contributed by atoms with van der Waals surface area (Å²) in [4.78, 5) is 26.8. The lowest BCUT2D eigenvalue weighted by molar-refractivity contribution is -0.120. The van der Waals surface area contributed by atoms with Crippen molar-refractivity contribution in [2.45, 2.75) is 59.1 Å². The standard InChI is InChI=1S/C20H29NO3/c1-14-9-7-8-10-15(14)11-16-13-21(18(23)24-19(2,3)4)20(5,6)12-17(16)22/h7-11,14-15H,12-13H2,1-6H3/b16-11+. The third kappa shape index (κ3) is 4.37. The van der Waals surface area contributed by atoms with E-state index in [1.165, 1.54) is 0 Å². The number of rotatable bonds is 1. The van der Waals surface area contributed by atoms with Gasteiger partial charge in [0.05, 0.1) is 6.54 Å². The maximum absolute atomic E-state index is 12.6. The number of carbonyl (C=O) groups excluding carboxylic acids is 2. The molecular formula is C20H29NO3. The molecule has 2 atom stereocenters. The van der Waals surface area contributed by atoms with Crippen LogP contribution in [0.15, 0.2) is 36.0 Å². The number of amides is 1. The predicted octanol–water partition coefficient (Wildman–Crippen LogP) is 4.28. The van der Waals surface area contributed by atoms with Crippen LogP contribution in [0.4, 0.5) is 4.79 Å². The van der Waals surface area contributed by atoms with E-state index in [-0.39, 0.29) is 17.8 Å². The number of ketones is 1. The Bertz CT molecular complexity index is 605. The molecule has 0 spiro atoms. The van der Waals surface area contributed by atoms with Crippen molar-refractivity contribution < 1.29 is 14.3 Å². The lowest BCUT2D eigenvalue weighted by Gasteiger charge is -2.43. The van der Waals surface area contributed by atoms with Gasteiger partial charge in [0.25, 0.3) is 0 Å². The largest absolute Gasteiger partial charge is 0.444 e. The molecule has 0 radical (unpaired) electrons.